The van der Waals surface area contributed by atoms with Gasteiger partial charge in [-0.15, -0.1) is 0 Å². The molecule has 10 heteroatoms. The van der Waals surface area contributed by atoms with Crippen LogP contribution in [0.3, 0.4) is 0 Å². The van der Waals surface area contributed by atoms with E-state index in [9.17, 15) is 27.6 Å². The molecule has 2 aromatic carbocycles. The van der Waals surface area contributed by atoms with Gasteiger partial charge in [-0.3, -0.25) is 19.3 Å². The van der Waals surface area contributed by atoms with Crippen LogP contribution in [-0.2, 0) is 20.5 Å². The number of carbonyl (C=O) groups is 2. The van der Waals surface area contributed by atoms with E-state index in [1.165, 1.54) is 24.3 Å². The van der Waals surface area contributed by atoms with E-state index in [4.69, 9.17) is 4.74 Å². The van der Waals surface area contributed by atoms with E-state index in [1.54, 1.807) is 37.2 Å². The summed E-state index contributed by atoms with van der Waals surface area (Å²) in [6.45, 7) is 0.179. The summed E-state index contributed by atoms with van der Waals surface area (Å²) in [5.41, 5.74) is -0.854. The second-order valence-corrected chi connectivity index (χ2v) is 8.82. The number of alkyl halides is 3. The third-order valence-corrected chi connectivity index (χ3v) is 5.87. The summed E-state index contributed by atoms with van der Waals surface area (Å²) in [6.07, 6.45) is -4.19. The smallest absolute Gasteiger partial charge is 0.417 e. The number of rotatable bonds is 6. The van der Waals surface area contributed by atoms with E-state index >= 15 is 0 Å². The summed E-state index contributed by atoms with van der Waals surface area (Å²) in [4.78, 5) is 41.3. The Kier molecular flexibility index (Phi) is 6.66. The van der Waals surface area contributed by atoms with Crippen molar-refractivity contribution in [3.63, 3.8) is 0 Å². The van der Waals surface area contributed by atoms with Crippen LogP contribution in [0.25, 0.3) is 22.0 Å². The van der Waals surface area contributed by atoms with Crippen molar-refractivity contribution in [1.29, 1.82) is 0 Å². The highest BCUT2D eigenvalue weighted by Crippen LogP contribution is 2.37. The Labute approximate surface area is 198 Å². The number of fused-ring (bicyclic) bond motifs is 1. The summed E-state index contributed by atoms with van der Waals surface area (Å²) in [7, 11) is 3.49. The van der Waals surface area contributed by atoms with Gasteiger partial charge in [0.25, 0.3) is 5.56 Å². The maximum Gasteiger partial charge on any atom is 0.417 e. The van der Waals surface area contributed by atoms with Crippen LogP contribution in [0, 0.1) is 0 Å². The van der Waals surface area contributed by atoms with Crippen LogP contribution in [0.2, 0.25) is 0 Å². The van der Waals surface area contributed by atoms with Gasteiger partial charge in [-0.05, 0) is 49.7 Å². The molecule has 0 spiro atoms. The van der Waals surface area contributed by atoms with Gasteiger partial charge in [0.05, 0.1) is 24.1 Å². The maximum atomic E-state index is 13.4. The SMILES string of the molecule is CN(C)CC(=O)OCC1C[C@H](c2ccc3cc(-c4ccccc4C(F)(F)F)[nH]c(=O)c3c2)C(=O)N1. The first kappa shape index (κ1) is 24.5. The van der Waals surface area contributed by atoms with E-state index in [2.05, 4.69) is 10.3 Å². The second-order valence-electron chi connectivity index (χ2n) is 8.82. The molecule has 0 radical (unpaired) electrons. The molecule has 1 amide bonds. The largest absolute Gasteiger partial charge is 0.463 e. The van der Waals surface area contributed by atoms with Crippen molar-refractivity contribution in [3.8, 4) is 11.3 Å². The normalized spacial score (nSPS) is 18.2. The van der Waals surface area contributed by atoms with Crippen molar-refractivity contribution in [2.45, 2.75) is 24.6 Å². The lowest BCUT2D eigenvalue weighted by Gasteiger charge is -2.14. The van der Waals surface area contributed by atoms with Gasteiger partial charge in [0.15, 0.2) is 0 Å². The number of likely N-dealkylation sites (N-methyl/N-ethyl adjacent to an activating group) is 1. The molecule has 35 heavy (non-hydrogen) atoms. The minimum absolute atomic E-state index is 0.0467. The van der Waals surface area contributed by atoms with Crippen molar-refractivity contribution in [2.24, 2.45) is 0 Å². The van der Waals surface area contributed by atoms with Crippen molar-refractivity contribution in [1.82, 2.24) is 15.2 Å². The lowest BCUT2D eigenvalue weighted by molar-refractivity contribution is -0.145. The summed E-state index contributed by atoms with van der Waals surface area (Å²) >= 11 is 0. The number of carbonyl (C=O) groups excluding carboxylic acids is 2. The lowest BCUT2D eigenvalue weighted by Crippen LogP contribution is -2.33. The van der Waals surface area contributed by atoms with Crippen LogP contribution in [0.4, 0.5) is 13.2 Å². The third-order valence-electron chi connectivity index (χ3n) is 5.87. The maximum absolute atomic E-state index is 13.4. The van der Waals surface area contributed by atoms with Crippen LogP contribution in [-0.4, -0.2) is 55.0 Å². The van der Waals surface area contributed by atoms with Crippen molar-refractivity contribution >= 4 is 22.6 Å². The van der Waals surface area contributed by atoms with Crippen molar-refractivity contribution in [2.75, 3.05) is 27.2 Å². The minimum Gasteiger partial charge on any atom is -0.463 e. The monoisotopic (exact) mass is 487 g/mol. The zero-order valence-corrected chi connectivity index (χ0v) is 19.1. The van der Waals surface area contributed by atoms with Gasteiger partial charge in [-0.1, -0.05) is 30.3 Å². The number of H-pyrrole nitrogens is 1. The summed E-state index contributed by atoms with van der Waals surface area (Å²) in [6, 6.07) is 11.1. The summed E-state index contributed by atoms with van der Waals surface area (Å²) in [5.74, 6) is -1.18. The molecule has 1 aliphatic heterocycles. The Morgan fingerprint density at radius 3 is 2.57 bits per heavy atom. The number of amides is 1. The molecule has 7 nitrogen and oxygen atoms in total. The molecular weight excluding hydrogens is 463 g/mol. The van der Waals surface area contributed by atoms with Gasteiger partial charge in [-0.25, -0.2) is 0 Å². The molecule has 4 rings (SSSR count). The highest BCUT2D eigenvalue weighted by Gasteiger charge is 2.35. The first-order valence-corrected chi connectivity index (χ1v) is 11.0. The quantitative estimate of drug-likeness (QED) is 0.521. The fourth-order valence-corrected chi connectivity index (χ4v) is 4.25. The van der Waals surface area contributed by atoms with Gasteiger partial charge >= 0.3 is 12.1 Å². The number of ether oxygens (including phenoxy) is 1. The molecule has 3 aromatic rings. The number of aromatic amines is 1. The number of esters is 1. The van der Waals surface area contributed by atoms with E-state index in [-0.39, 0.29) is 41.7 Å². The van der Waals surface area contributed by atoms with E-state index in [0.717, 1.165) is 6.07 Å². The molecule has 2 atom stereocenters. The Balaban J connectivity index is 1.58. The van der Waals surface area contributed by atoms with Gasteiger partial charge in [0.1, 0.15) is 6.61 Å². The van der Waals surface area contributed by atoms with Gasteiger partial charge < -0.3 is 15.0 Å². The highest BCUT2D eigenvalue weighted by atomic mass is 19.4. The molecule has 1 saturated heterocycles. The van der Waals surface area contributed by atoms with E-state index in [1.807, 2.05) is 0 Å². The molecule has 1 unspecified atom stereocenters. The van der Waals surface area contributed by atoms with Gasteiger partial charge in [-0.2, -0.15) is 13.2 Å². The Morgan fingerprint density at radius 1 is 1.11 bits per heavy atom. The standard InChI is InChI=1S/C25H24F3N3O4/c1-31(2)12-22(32)35-13-16-11-19(23(33)29-16)14-7-8-15-10-21(30-24(34)18(15)9-14)17-5-3-4-6-20(17)25(26,27)28/h3-10,16,19H,11-13H2,1-2H3,(H,29,33)(H,30,34)/t16?,19-/m1/s1. The predicted octanol–water partition coefficient (Wildman–Crippen LogP) is 3.29. The zero-order chi connectivity index (χ0) is 25.3. The third kappa shape index (κ3) is 5.37. The number of benzene rings is 2. The number of hydrogen-bond acceptors (Lipinski definition) is 5. The fourth-order valence-electron chi connectivity index (χ4n) is 4.25. The molecule has 2 N–H and O–H groups in total. The van der Waals surface area contributed by atoms with Gasteiger partial charge in [0, 0.05) is 16.6 Å². The molecule has 0 aliphatic carbocycles. The number of aromatic nitrogens is 1. The van der Waals surface area contributed by atoms with Crippen molar-refractivity contribution < 1.29 is 27.5 Å². The minimum atomic E-state index is -4.57. The molecule has 0 bridgehead atoms. The zero-order valence-electron chi connectivity index (χ0n) is 19.1. The van der Waals surface area contributed by atoms with Crippen LogP contribution in [0.15, 0.2) is 53.3 Å². The number of pyridine rings is 1. The molecule has 184 valence electrons. The van der Waals surface area contributed by atoms with Crippen LogP contribution in [0.1, 0.15) is 23.5 Å². The van der Waals surface area contributed by atoms with E-state index in [0.29, 0.717) is 17.4 Å². The molecule has 1 fully saturated rings. The van der Waals surface area contributed by atoms with Crippen LogP contribution >= 0.6 is 0 Å². The molecule has 0 saturated carbocycles. The lowest BCUT2D eigenvalue weighted by atomic mass is 9.93. The fraction of sp³-hybridized carbons (Fsp3) is 0.320. The van der Waals surface area contributed by atoms with Crippen LogP contribution in [0.5, 0.6) is 0 Å². The first-order chi connectivity index (χ1) is 16.5. The average Bonchev–Trinajstić information content (AvgIpc) is 3.17. The average molecular weight is 487 g/mol. The molecular formula is C25H24F3N3O4. The Hall–Kier alpha value is -3.66. The van der Waals surface area contributed by atoms with E-state index < -0.39 is 29.2 Å². The number of nitrogens with one attached hydrogen (secondary N) is 2. The topological polar surface area (TPSA) is 91.5 Å². The predicted molar refractivity (Wildman–Crippen MR) is 124 cm³/mol. The Morgan fingerprint density at radius 2 is 1.86 bits per heavy atom. The number of hydrogen-bond donors (Lipinski definition) is 2. The summed E-state index contributed by atoms with van der Waals surface area (Å²) < 4.78 is 45.5. The first-order valence-electron chi connectivity index (χ1n) is 11.0. The molecule has 2 heterocycles. The summed E-state index contributed by atoms with van der Waals surface area (Å²) in [5, 5.41) is 3.53. The second kappa shape index (κ2) is 9.53. The van der Waals surface area contributed by atoms with Crippen LogP contribution < -0.4 is 10.9 Å². The molecule has 1 aromatic heterocycles. The number of halogens is 3. The Bertz CT molecular complexity index is 1330. The highest BCUT2D eigenvalue weighted by molar-refractivity contribution is 5.90. The molecule has 1 aliphatic rings. The number of nitrogens with zero attached hydrogens (tertiary/aromatic N) is 1. The van der Waals surface area contributed by atoms with Gasteiger partial charge in [0.2, 0.25) is 5.91 Å². The van der Waals surface area contributed by atoms with Crippen molar-refractivity contribution in [3.05, 3.63) is 70.0 Å².